The molecular formula is C15H19NO5. The van der Waals surface area contributed by atoms with Crippen molar-refractivity contribution in [2.24, 2.45) is 5.41 Å². The minimum Gasteiger partial charge on any atom is -0.490 e. The lowest BCUT2D eigenvalue weighted by molar-refractivity contribution is -0.384. The van der Waals surface area contributed by atoms with E-state index in [0.29, 0.717) is 5.41 Å². The molecule has 0 bridgehead atoms. The second-order valence-electron chi connectivity index (χ2n) is 6.22. The first-order chi connectivity index (χ1) is 9.78. The minimum atomic E-state index is -1.22. The maximum absolute atomic E-state index is 11.2. The lowest BCUT2D eigenvalue weighted by Gasteiger charge is -2.34. The van der Waals surface area contributed by atoms with Gasteiger partial charge in [0.05, 0.1) is 11.0 Å². The zero-order valence-corrected chi connectivity index (χ0v) is 12.2. The van der Waals surface area contributed by atoms with Gasteiger partial charge in [0.15, 0.2) is 0 Å². The van der Waals surface area contributed by atoms with E-state index < -0.39 is 10.9 Å². The van der Waals surface area contributed by atoms with E-state index in [0.717, 1.165) is 31.7 Å². The number of aromatic carboxylic acids is 1. The second kappa shape index (κ2) is 5.71. The fourth-order valence-electron chi connectivity index (χ4n) is 2.57. The van der Waals surface area contributed by atoms with Crippen molar-refractivity contribution in [3.05, 3.63) is 33.9 Å². The summed E-state index contributed by atoms with van der Waals surface area (Å²) in [6.45, 7) is 4.41. The third-order valence-electron chi connectivity index (χ3n) is 3.98. The summed E-state index contributed by atoms with van der Waals surface area (Å²) in [6, 6.07) is 3.69. The molecule has 1 aliphatic carbocycles. The summed E-state index contributed by atoms with van der Waals surface area (Å²) in [6.07, 6.45) is 3.74. The number of hydrogen-bond acceptors (Lipinski definition) is 4. The molecule has 1 fully saturated rings. The maximum atomic E-state index is 11.2. The molecule has 0 saturated heterocycles. The van der Waals surface area contributed by atoms with E-state index in [1.807, 2.05) is 0 Å². The molecule has 2 rings (SSSR count). The normalized spacial score (nSPS) is 18.2. The van der Waals surface area contributed by atoms with Crippen molar-refractivity contribution in [2.45, 2.75) is 45.6 Å². The number of nitro groups is 1. The Morgan fingerprint density at radius 1 is 1.38 bits per heavy atom. The lowest BCUT2D eigenvalue weighted by Crippen LogP contribution is -2.28. The third kappa shape index (κ3) is 3.71. The van der Waals surface area contributed by atoms with Crippen molar-refractivity contribution in [1.82, 2.24) is 0 Å². The molecule has 0 amide bonds. The summed E-state index contributed by atoms with van der Waals surface area (Å²) >= 11 is 0. The highest BCUT2D eigenvalue weighted by Gasteiger charge is 2.29. The van der Waals surface area contributed by atoms with E-state index in [1.165, 1.54) is 12.1 Å². The van der Waals surface area contributed by atoms with Crippen molar-refractivity contribution in [3.63, 3.8) is 0 Å². The molecule has 0 radical (unpaired) electrons. The molecule has 0 aliphatic heterocycles. The Bertz CT molecular complexity index is 557. The summed E-state index contributed by atoms with van der Waals surface area (Å²) in [4.78, 5) is 21.3. The van der Waals surface area contributed by atoms with Crippen LogP contribution in [0.4, 0.5) is 5.69 Å². The fourth-order valence-corrected chi connectivity index (χ4v) is 2.57. The molecule has 0 spiro atoms. The number of non-ortho nitro benzene ring substituents is 1. The van der Waals surface area contributed by atoms with Gasteiger partial charge in [-0.15, -0.1) is 0 Å². The van der Waals surface area contributed by atoms with Crippen molar-refractivity contribution < 1.29 is 19.6 Å². The Hall–Kier alpha value is -2.11. The van der Waals surface area contributed by atoms with Crippen LogP contribution >= 0.6 is 0 Å². The molecule has 0 aromatic heterocycles. The number of nitrogens with zero attached hydrogens (tertiary/aromatic N) is 1. The number of nitro benzene ring substituents is 1. The van der Waals surface area contributed by atoms with Gasteiger partial charge in [-0.2, -0.15) is 0 Å². The molecule has 6 heteroatoms. The van der Waals surface area contributed by atoms with Gasteiger partial charge >= 0.3 is 5.97 Å². The Kier molecular flexibility index (Phi) is 4.16. The highest BCUT2D eigenvalue weighted by molar-refractivity contribution is 5.91. The molecule has 0 atom stereocenters. The predicted molar refractivity (Wildman–Crippen MR) is 76.7 cm³/mol. The summed E-state index contributed by atoms with van der Waals surface area (Å²) in [7, 11) is 0. The number of hydrogen-bond donors (Lipinski definition) is 1. The average molecular weight is 293 g/mol. The second-order valence-corrected chi connectivity index (χ2v) is 6.22. The number of carboxylic acid groups (broad SMARTS) is 1. The van der Waals surface area contributed by atoms with Crippen LogP contribution < -0.4 is 4.74 Å². The Labute approximate surface area is 122 Å². The molecule has 0 unspecified atom stereocenters. The Balaban J connectivity index is 2.16. The van der Waals surface area contributed by atoms with Crippen LogP contribution in [-0.4, -0.2) is 22.1 Å². The summed E-state index contributed by atoms with van der Waals surface area (Å²) in [5.74, 6) is -1.01. The lowest BCUT2D eigenvalue weighted by atomic mass is 9.76. The fraction of sp³-hybridized carbons (Fsp3) is 0.533. The van der Waals surface area contributed by atoms with Crippen molar-refractivity contribution in [1.29, 1.82) is 0 Å². The van der Waals surface area contributed by atoms with Gasteiger partial charge in [0, 0.05) is 12.1 Å². The van der Waals surface area contributed by atoms with Crippen LogP contribution in [0.15, 0.2) is 18.2 Å². The number of benzene rings is 1. The molecule has 1 aromatic carbocycles. The van der Waals surface area contributed by atoms with Crippen LogP contribution in [0.5, 0.6) is 5.75 Å². The average Bonchev–Trinajstić information content (AvgIpc) is 2.41. The van der Waals surface area contributed by atoms with E-state index in [-0.39, 0.29) is 23.1 Å². The van der Waals surface area contributed by atoms with Crippen LogP contribution in [0, 0.1) is 15.5 Å². The van der Waals surface area contributed by atoms with E-state index in [2.05, 4.69) is 13.8 Å². The van der Waals surface area contributed by atoms with Gasteiger partial charge in [-0.05, 0) is 37.2 Å². The van der Waals surface area contributed by atoms with E-state index in [1.54, 1.807) is 0 Å². The molecular weight excluding hydrogens is 274 g/mol. The zero-order chi connectivity index (χ0) is 15.6. The number of carbonyl (C=O) groups is 1. The predicted octanol–water partition coefficient (Wildman–Crippen LogP) is 3.64. The molecule has 1 aliphatic rings. The quantitative estimate of drug-likeness (QED) is 0.676. The van der Waals surface area contributed by atoms with E-state index in [9.17, 15) is 20.0 Å². The van der Waals surface area contributed by atoms with E-state index >= 15 is 0 Å². The van der Waals surface area contributed by atoms with Crippen LogP contribution in [-0.2, 0) is 0 Å². The van der Waals surface area contributed by atoms with Gasteiger partial charge in [-0.3, -0.25) is 10.1 Å². The molecule has 1 saturated carbocycles. The van der Waals surface area contributed by atoms with Gasteiger partial charge in [-0.25, -0.2) is 4.79 Å². The number of carboxylic acids is 1. The first kappa shape index (κ1) is 15.3. The maximum Gasteiger partial charge on any atom is 0.339 e. The summed E-state index contributed by atoms with van der Waals surface area (Å²) in [5, 5.41) is 19.9. The van der Waals surface area contributed by atoms with E-state index in [4.69, 9.17) is 4.74 Å². The standard InChI is InChI=1S/C15H19NO5/c1-15(2)7-5-11(6-8-15)21-13-4-3-10(16(19)20)9-12(13)14(17)18/h3-4,9,11H,5-8H2,1-2H3,(H,17,18). The first-order valence-corrected chi connectivity index (χ1v) is 6.97. The highest BCUT2D eigenvalue weighted by atomic mass is 16.6. The molecule has 6 nitrogen and oxygen atoms in total. The third-order valence-corrected chi connectivity index (χ3v) is 3.98. The molecule has 114 valence electrons. The SMILES string of the molecule is CC1(C)CCC(Oc2ccc([N+](=O)[O-])cc2C(=O)O)CC1. The number of rotatable bonds is 4. The highest BCUT2D eigenvalue weighted by Crippen LogP contribution is 2.37. The Morgan fingerprint density at radius 3 is 2.52 bits per heavy atom. The first-order valence-electron chi connectivity index (χ1n) is 6.97. The monoisotopic (exact) mass is 293 g/mol. The van der Waals surface area contributed by atoms with Crippen LogP contribution in [0.2, 0.25) is 0 Å². The largest absolute Gasteiger partial charge is 0.490 e. The smallest absolute Gasteiger partial charge is 0.339 e. The summed E-state index contributed by atoms with van der Waals surface area (Å²) < 4.78 is 5.77. The van der Waals surface area contributed by atoms with Crippen molar-refractivity contribution in [2.75, 3.05) is 0 Å². The van der Waals surface area contributed by atoms with Gasteiger partial charge in [0.2, 0.25) is 0 Å². The van der Waals surface area contributed by atoms with Gasteiger partial charge in [0.1, 0.15) is 11.3 Å². The van der Waals surface area contributed by atoms with Crippen LogP contribution in [0.3, 0.4) is 0 Å². The van der Waals surface area contributed by atoms with Crippen LogP contribution in [0.25, 0.3) is 0 Å². The molecule has 21 heavy (non-hydrogen) atoms. The topological polar surface area (TPSA) is 89.7 Å². The van der Waals surface area contributed by atoms with Gasteiger partial charge in [-0.1, -0.05) is 13.8 Å². The van der Waals surface area contributed by atoms with Crippen molar-refractivity contribution >= 4 is 11.7 Å². The van der Waals surface area contributed by atoms with Crippen LogP contribution in [0.1, 0.15) is 49.9 Å². The molecule has 0 heterocycles. The summed E-state index contributed by atoms with van der Waals surface area (Å²) in [5.41, 5.74) is -0.108. The van der Waals surface area contributed by atoms with Gasteiger partial charge < -0.3 is 9.84 Å². The van der Waals surface area contributed by atoms with Crippen molar-refractivity contribution in [3.8, 4) is 5.75 Å². The Morgan fingerprint density at radius 2 is 2.00 bits per heavy atom. The number of ether oxygens (including phenoxy) is 1. The molecule has 1 aromatic rings. The zero-order valence-electron chi connectivity index (χ0n) is 12.2. The minimum absolute atomic E-state index is 0.0300. The van der Waals surface area contributed by atoms with Gasteiger partial charge in [0.25, 0.3) is 5.69 Å². The molecule has 1 N–H and O–H groups in total.